The number of rotatable bonds is 9. The molecule has 1 amide bonds. The number of unbranched alkanes of at least 4 members (excludes halogenated alkanes) is 1. The van der Waals surface area contributed by atoms with Gasteiger partial charge in [0.2, 0.25) is 5.91 Å². The summed E-state index contributed by atoms with van der Waals surface area (Å²) in [6.45, 7) is 0.612. The molecule has 1 aromatic heterocycles. The first-order valence-electron chi connectivity index (χ1n) is 7.97. The Labute approximate surface area is 135 Å². The number of imidazole rings is 1. The van der Waals surface area contributed by atoms with E-state index >= 15 is 0 Å². The number of hydrogen-bond donors (Lipinski definition) is 2. The van der Waals surface area contributed by atoms with E-state index in [0.717, 1.165) is 29.7 Å². The zero-order chi connectivity index (χ0) is 16.7. The van der Waals surface area contributed by atoms with Crippen LogP contribution in [0, 0.1) is 0 Å². The molecule has 1 heterocycles. The third kappa shape index (κ3) is 5.09. The Morgan fingerprint density at radius 1 is 1.17 bits per heavy atom. The van der Waals surface area contributed by atoms with Gasteiger partial charge in [-0.25, -0.2) is 4.98 Å². The first kappa shape index (κ1) is 17.0. The summed E-state index contributed by atoms with van der Waals surface area (Å²) in [4.78, 5) is 26.6. The van der Waals surface area contributed by atoms with Gasteiger partial charge in [-0.3, -0.25) is 9.59 Å². The number of carboxylic acid groups (broad SMARTS) is 1. The highest BCUT2D eigenvalue weighted by Crippen LogP contribution is 2.15. The third-order valence-corrected chi connectivity index (χ3v) is 3.82. The molecule has 0 spiro atoms. The Morgan fingerprint density at radius 2 is 1.91 bits per heavy atom. The lowest BCUT2D eigenvalue weighted by molar-refractivity contribution is -0.137. The number of nitrogens with one attached hydrogen (secondary N) is 1. The van der Waals surface area contributed by atoms with Crippen LogP contribution in [-0.4, -0.2) is 33.1 Å². The molecule has 0 saturated heterocycles. The summed E-state index contributed by atoms with van der Waals surface area (Å²) in [5, 5.41) is 11.4. The van der Waals surface area contributed by atoms with Crippen LogP contribution >= 0.6 is 0 Å². The van der Waals surface area contributed by atoms with E-state index in [1.807, 2.05) is 31.3 Å². The number of carboxylic acids is 1. The van der Waals surface area contributed by atoms with Crippen LogP contribution in [0.5, 0.6) is 0 Å². The van der Waals surface area contributed by atoms with Crippen LogP contribution in [0.15, 0.2) is 24.3 Å². The monoisotopic (exact) mass is 317 g/mol. The molecule has 2 rings (SSSR count). The number of amides is 1. The summed E-state index contributed by atoms with van der Waals surface area (Å²) in [6, 6.07) is 8.02. The molecule has 23 heavy (non-hydrogen) atoms. The molecule has 6 heteroatoms. The number of hydrogen-bond acceptors (Lipinski definition) is 3. The topological polar surface area (TPSA) is 84.2 Å². The van der Waals surface area contributed by atoms with Gasteiger partial charge in [-0.05, 0) is 31.4 Å². The first-order chi connectivity index (χ1) is 11.1. The number of aromatic nitrogens is 2. The fourth-order valence-corrected chi connectivity index (χ4v) is 2.54. The zero-order valence-corrected chi connectivity index (χ0v) is 13.4. The van der Waals surface area contributed by atoms with Gasteiger partial charge in [-0.15, -0.1) is 0 Å². The molecular weight excluding hydrogens is 294 g/mol. The average Bonchev–Trinajstić information content (AvgIpc) is 2.85. The van der Waals surface area contributed by atoms with Gasteiger partial charge in [0, 0.05) is 32.9 Å². The van der Waals surface area contributed by atoms with E-state index in [-0.39, 0.29) is 12.3 Å². The fraction of sp³-hybridized carbons (Fsp3) is 0.471. The molecule has 1 aromatic carbocycles. The second-order valence-corrected chi connectivity index (χ2v) is 5.63. The van der Waals surface area contributed by atoms with Crippen LogP contribution in [0.3, 0.4) is 0 Å². The normalized spacial score (nSPS) is 10.8. The predicted octanol–water partition coefficient (Wildman–Crippen LogP) is 2.27. The van der Waals surface area contributed by atoms with E-state index in [9.17, 15) is 9.59 Å². The number of para-hydroxylation sites is 2. The Bertz CT molecular complexity index is 679. The fourth-order valence-electron chi connectivity index (χ4n) is 2.54. The highest BCUT2D eigenvalue weighted by molar-refractivity contribution is 5.76. The molecular formula is C17H23N3O3. The number of fused-ring (bicyclic) bond motifs is 1. The molecule has 0 bridgehead atoms. The maximum Gasteiger partial charge on any atom is 0.303 e. The molecule has 2 aromatic rings. The molecule has 0 aliphatic heterocycles. The van der Waals surface area contributed by atoms with Gasteiger partial charge in [0.05, 0.1) is 11.0 Å². The Balaban J connectivity index is 1.67. The van der Waals surface area contributed by atoms with Crippen molar-refractivity contribution >= 4 is 22.9 Å². The van der Waals surface area contributed by atoms with Crippen LogP contribution in [0.1, 0.15) is 37.9 Å². The minimum atomic E-state index is -0.812. The lowest BCUT2D eigenvalue weighted by atomic mass is 10.2. The van der Waals surface area contributed by atoms with Crippen molar-refractivity contribution in [2.45, 2.75) is 38.5 Å². The molecule has 0 atom stereocenters. The zero-order valence-electron chi connectivity index (χ0n) is 13.4. The van der Waals surface area contributed by atoms with Crippen molar-refractivity contribution in [1.29, 1.82) is 0 Å². The summed E-state index contributed by atoms with van der Waals surface area (Å²) in [7, 11) is 2.01. The molecule has 0 saturated carbocycles. The SMILES string of the molecule is Cn1c(CCCNC(=O)CCCCC(=O)O)nc2ccccc21. The van der Waals surface area contributed by atoms with Crippen molar-refractivity contribution in [3.63, 3.8) is 0 Å². The highest BCUT2D eigenvalue weighted by atomic mass is 16.4. The quantitative estimate of drug-likeness (QED) is 0.695. The third-order valence-electron chi connectivity index (χ3n) is 3.82. The van der Waals surface area contributed by atoms with Crippen LogP contribution < -0.4 is 5.32 Å². The number of carbonyl (C=O) groups excluding carboxylic acids is 1. The van der Waals surface area contributed by atoms with Gasteiger partial charge in [0.25, 0.3) is 0 Å². The molecule has 0 radical (unpaired) electrons. The minimum Gasteiger partial charge on any atom is -0.481 e. The Kier molecular flexibility index (Phi) is 6.14. The molecule has 0 fully saturated rings. The molecule has 2 N–H and O–H groups in total. The molecule has 6 nitrogen and oxygen atoms in total. The van der Waals surface area contributed by atoms with Gasteiger partial charge in [0.1, 0.15) is 5.82 Å². The second kappa shape index (κ2) is 8.31. The summed E-state index contributed by atoms with van der Waals surface area (Å²) in [6.07, 6.45) is 3.31. The maximum absolute atomic E-state index is 11.6. The van der Waals surface area contributed by atoms with Crippen molar-refractivity contribution in [3.05, 3.63) is 30.1 Å². The van der Waals surface area contributed by atoms with E-state index in [2.05, 4.69) is 14.9 Å². The summed E-state index contributed by atoms with van der Waals surface area (Å²) >= 11 is 0. The van der Waals surface area contributed by atoms with Gasteiger partial charge >= 0.3 is 5.97 Å². The van der Waals surface area contributed by atoms with Crippen LogP contribution in [0.2, 0.25) is 0 Å². The van der Waals surface area contributed by atoms with E-state index in [1.165, 1.54) is 0 Å². The van der Waals surface area contributed by atoms with Gasteiger partial charge < -0.3 is 15.0 Å². The summed E-state index contributed by atoms with van der Waals surface area (Å²) in [5.41, 5.74) is 2.11. The van der Waals surface area contributed by atoms with Crippen LogP contribution in [-0.2, 0) is 23.1 Å². The summed E-state index contributed by atoms with van der Waals surface area (Å²) < 4.78 is 2.09. The number of nitrogens with zero attached hydrogens (tertiary/aromatic N) is 2. The largest absolute Gasteiger partial charge is 0.481 e. The summed E-state index contributed by atoms with van der Waals surface area (Å²) in [5.74, 6) is 0.190. The molecule has 124 valence electrons. The van der Waals surface area contributed by atoms with E-state index < -0.39 is 5.97 Å². The molecule has 0 unspecified atom stereocenters. The first-order valence-corrected chi connectivity index (χ1v) is 7.97. The van der Waals surface area contributed by atoms with Crippen molar-refractivity contribution < 1.29 is 14.7 Å². The van der Waals surface area contributed by atoms with E-state index in [4.69, 9.17) is 5.11 Å². The molecule has 0 aliphatic rings. The van der Waals surface area contributed by atoms with Gasteiger partial charge in [0.15, 0.2) is 0 Å². The number of aliphatic carboxylic acids is 1. The standard InChI is InChI=1S/C17H23N3O3/c1-20-14-8-3-2-7-13(14)19-15(20)9-6-12-18-16(21)10-4-5-11-17(22)23/h2-3,7-8H,4-6,9-12H2,1H3,(H,18,21)(H,22,23). The predicted molar refractivity (Wildman–Crippen MR) is 88.1 cm³/mol. The number of carbonyl (C=O) groups is 2. The number of aryl methyl sites for hydroxylation is 2. The number of benzene rings is 1. The van der Waals surface area contributed by atoms with Crippen molar-refractivity contribution in [1.82, 2.24) is 14.9 Å². The van der Waals surface area contributed by atoms with Gasteiger partial charge in [-0.1, -0.05) is 12.1 Å². The molecule has 0 aliphatic carbocycles. The minimum absolute atomic E-state index is 0.0135. The van der Waals surface area contributed by atoms with E-state index in [0.29, 0.717) is 25.8 Å². The van der Waals surface area contributed by atoms with Crippen molar-refractivity contribution in [3.8, 4) is 0 Å². The lowest BCUT2D eigenvalue weighted by Gasteiger charge is -2.05. The van der Waals surface area contributed by atoms with Crippen molar-refractivity contribution in [2.24, 2.45) is 7.05 Å². The Hall–Kier alpha value is -2.37. The smallest absolute Gasteiger partial charge is 0.303 e. The van der Waals surface area contributed by atoms with E-state index in [1.54, 1.807) is 0 Å². The lowest BCUT2D eigenvalue weighted by Crippen LogP contribution is -2.24. The van der Waals surface area contributed by atoms with Gasteiger partial charge in [-0.2, -0.15) is 0 Å². The second-order valence-electron chi connectivity index (χ2n) is 5.63. The average molecular weight is 317 g/mol. The Morgan fingerprint density at radius 3 is 2.65 bits per heavy atom. The van der Waals surface area contributed by atoms with Crippen molar-refractivity contribution in [2.75, 3.05) is 6.54 Å². The maximum atomic E-state index is 11.6. The highest BCUT2D eigenvalue weighted by Gasteiger charge is 2.07. The van der Waals surface area contributed by atoms with Crippen LogP contribution in [0.4, 0.5) is 0 Å². The van der Waals surface area contributed by atoms with Crippen LogP contribution in [0.25, 0.3) is 11.0 Å².